The summed E-state index contributed by atoms with van der Waals surface area (Å²) in [5.74, 6) is 2.70. The lowest BCUT2D eigenvalue weighted by Gasteiger charge is -2.50. The second-order valence-corrected chi connectivity index (χ2v) is 9.03. The highest BCUT2D eigenvalue weighted by Crippen LogP contribution is 2.54. The quantitative estimate of drug-likeness (QED) is 0.679. The third kappa shape index (κ3) is 3.90. The first-order valence-corrected chi connectivity index (χ1v) is 10.6. The Morgan fingerprint density at radius 3 is 2.70 bits per heavy atom. The number of nitrogens with one attached hydrogen (secondary N) is 1. The number of methoxy groups -OCH3 is 1. The van der Waals surface area contributed by atoms with Crippen molar-refractivity contribution < 1.29 is 4.74 Å². The van der Waals surface area contributed by atoms with Crippen molar-refractivity contribution in [2.75, 3.05) is 7.11 Å². The minimum atomic E-state index is -0.0627. The number of H-pyrrole nitrogens is 1. The number of aromatic amines is 1. The van der Waals surface area contributed by atoms with Crippen LogP contribution in [0.5, 0.6) is 5.75 Å². The van der Waals surface area contributed by atoms with Crippen molar-refractivity contribution in [3.05, 3.63) is 34.2 Å². The van der Waals surface area contributed by atoms with Crippen molar-refractivity contribution in [3.63, 3.8) is 0 Å². The van der Waals surface area contributed by atoms with E-state index >= 15 is 0 Å². The number of nitrogens with zero attached hydrogens (tertiary/aromatic N) is 1. The summed E-state index contributed by atoms with van der Waals surface area (Å²) in [6.07, 6.45) is 13.0. The van der Waals surface area contributed by atoms with Crippen LogP contribution in [0.3, 0.4) is 0 Å². The normalized spacial score (nSPS) is 27.2. The summed E-state index contributed by atoms with van der Waals surface area (Å²) in [7, 11) is 1.62. The van der Waals surface area contributed by atoms with Gasteiger partial charge in [-0.1, -0.05) is 32.6 Å². The number of unbranched alkanes of at least 4 members (excludes halogenated alkanes) is 2. The van der Waals surface area contributed by atoms with Crippen LogP contribution < -0.4 is 10.3 Å². The molecule has 3 aliphatic rings. The molecule has 0 amide bonds. The van der Waals surface area contributed by atoms with Crippen LogP contribution in [0.25, 0.3) is 11.0 Å². The highest BCUT2D eigenvalue weighted by molar-refractivity contribution is 5.75. The lowest BCUT2D eigenvalue weighted by Crippen LogP contribution is -2.39. The molecule has 0 radical (unpaired) electrons. The van der Waals surface area contributed by atoms with E-state index in [0.29, 0.717) is 11.1 Å². The van der Waals surface area contributed by atoms with Gasteiger partial charge in [0.25, 0.3) is 5.56 Å². The number of ether oxygens (including phenoxy) is 1. The Kier molecular flexibility index (Phi) is 5.25. The van der Waals surface area contributed by atoms with Gasteiger partial charge in [-0.05, 0) is 67.9 Å². The molecule has 2 bridgehead atoms. The highest BCUT2D eigenvalue weighted by Gasteiger charge is 2.43. The van der Waals surface area contributed by atoms with Crippen molar-refractivity contribution in [2.24, 2.45) is 17.3 Å². The Morgan fingerprint density at radius 1 is 1.19 bits per heavy atom. The standard InChI is InChI=1S/C23H32N2O2/c1-23(15-16-7-9-17(23)10-8-16)13-5-3-4-6-20-22(26)25-21-14-18(27-2)11-12-19(21)24-20/h11-12,14,16-17H,3-10,13,15H2,1-2H3,(H,25,26). The predicted octanol–water partition coefficient (Wildman–Crippen LogP) is 5.25. The van der Waals surface area contributed by atoms with Gasteiger partial charge in [0.1, 0.15) is 11.4 Å². The number of hydrogen-bond donors (Lipinski definition) is 1. The first-order chi connectivity index (χ1) is 13.1. The Balaban J connectivity index is 1.30. The highest BCUT2D eigenvalue weighted by atomic mass is 16.5. The molecule has 0 saturated heterocycles. The molecular formula is C23H32N2O2. The van der Waals surface area contributed by atoms with E-state index in [1.165, 1.54) is 51.4 Å². The number of fused-ring (bicyclic) bond motifs is 4. The number of aryl methyl sites for hydroxylation is 1. The summed E-state index contributed by atoms with van der Waals surface area (Å²) in [5, 5.41) is 0. The van der Waals surface area contributed by atoms with E-state index in [9.17, 15) is 4.79 Å². The van der Waals surface area contributed by atoms with Gasteiger partial charge in [-0.15, -0.1) is 0 Å². The van der Waals surface area contributed by atoms with Crippen molar-refractivity contribution in [1.82, 2.24) is 9.97 Å². The fourth-order valence-electron chi connectivity index (χ4n) is 5.59. The molecule has 1 N–H and O–H groups in total. The van der Waals surface area contributed by atoms with Gasteiger partial charge in [0.05, 0.1) is 18.1 Å². The maximum absolute atomic E-state index is 12.3. The van der Waals surface area contributed by atoms with Crippen LogP contribution in [0, 0.1) is 17.3 Å². The van der Waals surface area contributed by atoms with Gasteiger partial charge in [0.2, 0.25) is 0 Å². The SMILES string of the molecule is COc1ccc2nc(CCCCCC3(C)CC4CCC3CC4)c(=O)[nH]c2c1. The van der Waals surface area contributed by atoms with Gasteiger partial charge < -0.3 is 9.72 Å². The van der Waals surface area contributed by atoms with Gasteiger partial charge in [0.15, 0.2) is 0 Å². The Morgan fingerprint density at radius 2 is 2.00 bits per heavy atom. The monoisotopic (exact) mass is 368 g/mol. The molecule has 1 aromatic carbocycles. The van der Waals surface area contributed by atoms with E-state index < -0.39 is 0 Å². The minimum absolute atomic E-state index is 0.0627. The second kappa shape index (κ2) is 7.65. The average Bonchev–Trinajstić information content (AvgIpc) is 2.68. The smallest absolute Gasteiger partial charge is 0.270 e. The molecule has 1 atom stereocenters. The molecule has 3 fully saturated rings. The molecule has 27 heavy (non-hydrogen) atoms. The van der Waals surface area contributed by atoms with E-state index in [-0.39, 0.29) is 5.56 Å². The van der Waals surface area contributed by atoms with Gasteiger partial charge in [0, 0.05) is 6.07 Å². The first-order valence-electron chi connectivity index (χ1n) is 10.6. The molecule has 1 unspecified atom stereocenters. The predicted molar refractivity (Wildman–Crippen MR) is 109 cm³/mol. The first kappa shape index (κ1) is 18.5. The number of rotatable bonds is 7. The van der Waals surface area contributed by atoms with Crippen molar-refractivity contribution >= 4 is 11.0 Å². The van der Waals surface area contributed by atoms with Crippen LogP contribution in [-0.4, -0.2) is 17.1 Å². The summed E-state index contributed by atoms with van der Waals surface area (Å²) in [6.45, 7) is 2.53. The fourth-order valence-corrected chi connectivity index (χ4v) is 5.59. The van der Waals surface area contributed by atoms with Gasteiger partial charge in [-0.3, -0.25) is 4.79 Å². The molecule has 3 aliphatic carbocycles. The molecule has 0 aliphatic heterocycles. The molecule has 4 nitrogen and oxygen atoms in total. The van der Waals surface area contributed by atoms with Gasteiger partial charge >= 0.3 is 0 Å². The van der Waals surface area contributed by atoms with Crippen molar-refractivity contribution in [1.29, 1.82) is 0 Å². The Bertz CT molecular complexity index is 851. The fraction of sp³-hybridized carbons (Fsp3) is 0.652. The number of benzene rings is 1. The van der Waals surface area contributed by atoms with Crippen LogP contribution >= 0.6 is 0 Å². The van der Waals surface area contributed by atoms with Gasteiger partial charge in [-0.2, -0.15) is 0 Å². The lowest BCUT2D eigenvalue weighted by atomic mass is 9.55. The minimum Gasteiger partial charge on any atom is -0.497 e. The zero-order chi connectivity index (χ0) is 18.9. The third-order valence-electron chi connectivity index (χ3n) is 7.22. The number of aromatic nitrogens is 2. The molecule has 2 aromatic rings. The maximum atomic E-state index is 12.3. The van der Waals surface area contributed by atoms with Crippen LogP contribution in [0.4, 0.5) is 0 Å². The van der Waals surface area contributed by atoms with Crippen LogP contribution in [0.1, 0.15) is 70.4 Å². The van der Waals surface area contributed by atoms with E-state index in [0.717, 1.165) is 41.5 Å². The van der Waals surface area contributed by atoms with Crippen molar-refractivity contribution in [2.45, 2.75) is 71.1 Å². The van der Waals surface area contributed by atoms with E-state index in [4.69, 9.17) is 4.74 Å². The van der Waals surface area contributed by atoms with Crippen LogP contribution in [0.15, 0.2) is 23.0 Å². The molecule has 5 rings (SSSR count). The summed E-state index contributed by atoms with van der Waals surface area (Å²) >= 11 is 0. The van der Waals surface area contributed by atoms with E-state index in [1.54, 1.807) is 7.11 Å². The van der Waals surface area contributed by atoms with Gasteiger partial charge in [-0.25, -0.2) is 4.98 Å². The Labute approximate surface area is 161 Å². The largest absolute Gasteiger partial charge is 0.497 e. The molecule has 1 aromatic heterocycles. The Hall–Kier alpha value is -1.84. The molecular weight excluding hydrogens is 336 g/mol. The topological polar surface area (TPSA) is 55.0 Å². The molecule has 1 heterocycles. The molecule has 146 valence electrons. The van der Waals surface area contributed by atoms with Crippen molar-refractivity contribution in [3.8, 4) is 5.75 Å². The summed E-state index contributed by atoms with van der Waals surface area (Å²) in [4.78, 5) is 19.9. The van der Waals surface area contributed by atoms with E-state index in [1.807, 2.05) is 18.2 Å². The van der Waals surface area contributed by atoms with Crippen LogP contribution in [0.2, 0.25) is 0 Å². The molecule has 3 saturated carbocycles. The number of hydrogen-bond acceptors (Lipinski definition) is 3. The zero-order valence-electron chi connectivity index (χ0n) is 16.7. The molecule has 0 spiro atoms. The molecule has 4 heteroatoms. The average molecular weight is 369 g/mol. The maximum Gasteiger partial charge on any atom is 0.270 e. The van der Waals surface area contributed by atoms with Crippen LogP contribution in [-0.2, 0) is 6.42 Å². The summed E-state index contributed by atoms with van der Waals surface area (Å²) < 4.78 is 5.21. The summed E-state index contributed by atoms with van der Waals surface area (Å²) in [5.41, 5.74) is 2.75. The van der Waals surface area contributed by atoms with E-state index in [2.05, 4.69) is 16.9 Å². The third-order valence-corrected chi connectivity index (χ3v) is 7.22. The summed E-state index contributed by atoms with van der Waals surface area (Å²) in [6, 6.07) is 5.62. The lowest BCUT2D eigenvalue weighted by molar-refractivity contribution is 0.00729. The zero-order valence-corrected chi connectivity index (χ0v) is 16.7. The second-order valence-electron chi connectivity index (χ2n) is 9.03.